The Morgan fingerprint density at radius 3 is 2.65 bits per heavy atom. The van der Waals surface area contributed by atoms with Crippen LogP contribution in [0.15, 0.2) is 47.4 Å². The lowest BCUT2D eigenvalue weighted by Crippen LogP contribution is -2.39. The average molecular weight is 369 g/mol. The Morgan fingerprint density at radius 2 is 1.92 bits per heavy atom. The van der Waals surface area contributed by atoms with Crippen molar-refractivity contribution in [3.63, 3.8) is 0 Å². The predicted octanol–water partition coefficient (Wildman–Crippen LogP) is 3.79. The number of hydrogen-bond acceptors (Lipinski definition) is 3. The van der Waals surface area contributed by atoms with Crippen molar-refractivity contribution in [2.75, 3.05) is 17.2 Å². The smallest absolute Gasteiger partial charge is 0.227 e. The van der Waals surface area contributed by atoms with Gasteiger partial charge >= 0.3 is 0 Å². The molecule has 2 amide bonds. The summed E-state index contributed by atoms with van der Waals surface area (Å²) in [5.74, 6) is 0.200. The molecule has 4 nitrogen and oxygen atoms in total. The molecule has 0 saturated heterocycles. The summed E-state index contributed by atoms with van der Waals surface area (Å²) >= 11 is 1.70. The number of para-hydroxylation sites is 1. The van der Waals surface area contributed by atoms with Crippen LogP contribution in [0.25, 0.3) is 0 Å². The summed E-state index contributed by atoms with van der Waals surface area (Å²) in [7, 11) is 0. The van der Waals surface area contributed by atoms with Crippen LogP contribution in [0.5, 0.6) is 0 Å². The Morgan fingerprint density at radius 1 is 1.15 bits per heavy atom. The highest BCUT2D eigenvalue weighted by molar-refractivity contribution is 7.99. The zero-order valence-corrected chi connectivity index (χ0v) is 16.0. The van der Waals surface area contributed by atoms with Crippen LogP contribution in [-0.2, 0) is 9.59 Å². The lowest BCUT2D eigenvalue weighted by Gasteiger charge is -2.33. The standard InChI is InChI=1S/C21H24N2O2S/c1-14-7-8-16(13-15(14)2)26-12-10-20(24)23-11-9-18(21(22)25)17-5-3-4-6-19(17)23/h3-8,13,18H,9-12H2,1-2H3,(H2,22,25). The van der Waals surface area contributed by atoms with Crippen LogP contribution in [0.4, 0.5) is 5.69 Å². The van der Waals surface area contributed by atoms with Crippen LogP contribution < -0.4 is 10.6 Å². The second-order valence-corrected chi connectivity index (χ2v) is 7.86. The fraction of sp³-hybridized carbons (Fsp3) is 0.333. The molecular formula is C21H24N2O2S. The zero-order valence-electron chi connectivity index (χ0n) is 15.2. The number of benzene rings is 2. The molecule has 0 spiro atoms. The third-order valence-corrected chi connectivity index (χ3v) is 5.95. The van der Waals surface area contributed by atoms with Crippen molar-refractivity contribution in [2.24, 2.45) is 5.73 Å². The summed E-state index contributed by atoms with van der Waals surface area (Å²) in [6.45, 7) is 4.74. The minimum Gasteiger partial charge on any atom is -0.369 e. The number of nitrogens with two attached hydrogens (primary N) is 1. The van der Waals surface area contributed by atoms with Gasteiger partial charge in [-0.1, -0.05) is 24.3 Å². The van der Waals surface area contributed by atoms with Gasteiger partial charge < -0.3 is 10.6 Å². The van der Waals surface area contributed by atoms with Gasteiger partial charge in [-0.25, -0.2) is 0 Å². The van der Waals surface area contributed by atoms with Crippen LogP contribution >= 0.6 is 11.8 Å². The van der Waals surface area contributed by atoms with Gasteiger partial charge in [0, 0.05) is 29.3 Å². The molecule has 1 aliphatic heterocycles. The van der Waals surface area contributed by atoms with Crippen molar-refractivity contribution < 1.29 is 9.59 Å². The Bertz CT molecular complexity index is 835. The molecule has 0 radical (unpaired) electrons. The molecule has 5 heteroatoms. The molecule has 2 aromatic rings. The molecule has 1 aliphatic rings. The second kappa shape index (κ2) is 7.96. The van der Waals surface area contributed by atoms with E-state index in [0.717, 1.165) is 17.0 Å². The molecule has 0 saturated carbocycles. The molecule has 0 aromatic heterocycles. The van der Waals surface area contributed by atoms with E-state index in [9.17, 15) is 9.59 Å². The van der Waals surface area contributed by atoms with E-state index in [4.69, 9.17) is 5.73 Å². The number of rotatable bonds is 5. The van der Waals surface area contributed by atoms with E-state index in [1.54, 1.807) is 16.7 Å². The molecule has 3 rings (SSSR count). The van der Waals surface area contributed by atoms with E-state index in [-0.39, 0.29) is 17.7 Å². The van der Waals surface area contributed by atoms with Crippen LogP contribution in [-0.4, -0.2) is 24.1 Å². The number of nitrogens with zero attached hydrogens (tertiary/aromatic N) is 1. The Hall–Kier alpha value is -2.27. The van der Waals surface area contributed by atoms with Crippen LogP contribution in [0, 0.1) is 13.8 Å². The number of primary amides is 1. The number of carbonyl (C=O) groups excluding carboxylic acids is 2. The first kappa shape index (κ1) is 18.5. The molecule has 0 fully saturated rings. The number of fused-ring (bicyclic) bond motifs is 1. The van der Waals surface area contributed by atoms with Gasteiger partial charge in [0.15, 0.2) is 0 Å². The minimum absolute atomic E-state index is 0.0942. The Labute approximate surface area is 158 Å². The van der Waals surface area contributed by atoms with Crippen molar-refractivity contribution in [3.05, 3.63) is 59.2 Å². The van der Waals surface area contributed by atoms with Crippen molar-refractivity contribution in [1.29, 1.82) is 0 Å². The van der Waals surface area contributed by atoms with Gasteiger partial charge in [0.05, 0.1) is 5.92 Å². The normalized spacial score (nSPS) is 16.2. The largest absolute Gasteiger partial charge is 0.369 e. The van der Waals surface area contributed by atoms with E-state index < -0.39 is 0 Å². The van der Waals surface area contributed by atoms with E-state index >= 15 is 0 Å². The van der Waals surface area contributed by atoms with E-state index in [2.05, 4.69) is 32.0 Å². The molecule has 26 heavy (non-hydrogen) atoms. The maximum absolute atomic E-state index is 12.7. The molecule has 1 heterocycles. The quantitative estimate of drug-likeness (QED) is 0.817. The highest BCUT2D eigenvalue weighted by Crippen LogP contribution is 2.35. The topological polar surface area (TPSA) is 63.4 Å². The zero-order chi connectivity index (χ0) is 18.7. The summed E-state index contributed by atoms with van der Waals surface area (Å²) < 4.78 is 0. The molecule has 0 bridgehead atoms. The monoisotopic (exact) mass is 368 g/mol. The number of aryl methyl sites for hydroxylation is 2. The van der Waals surface area contributed by atoms with Gasteiger partial charge in [-0.2, -0.15) is 0 Å². The van der Waals surface area contributed by atoms with E-state index in [1.807, 2.05) is 24.3 Å². The number of amides is 2. The maximum atomic E-state index is 12.7. The molecular weight excluding hydrogens is 344 g/mol. The van der Waals surface area contributed by atoms with Gasteiger partial charge in [0.25, 0.3) is 0 Å². The number of anilines is 1. The van der Waals surface area contributed by atoms with Crippen molar-refractivity contribution in [1.82, 2.24) is 0 Å². The fourth-order valence-corrected chi connectivity index (χ4v) is 4.25. The lowest BCUT2D eigenvalue weighted by atomic mass is 9.89. The van der Waals surface area contributed by atoms with Gasteiger partial charge in [0.2, 0.25) is 11.8 Å². The van der Waals surface area contributed by atoms with E-state index in [0.29, 0.717) is 19.4 Å². The van der Waals surface area contributed by atoms with E-state index in [1.165, 1.54) is 16.0 Å². The second-order valence-electron chi connectivity index (χ2n) is 6.69. The molecule has 1 unspecified atom stereocenters. The Balaban J connectivity index is 1.65. The molecule has 0 aliphatic carbocycles. The van der Waals surface area contributed by atoms with Crippen LogP contribution in [0.2, 0.25) is 0 Å². The number of thioether (sulfide) groups is 1. The number of hydrogen-bond donors (Lipinski definition) is 1. The minimum atomic E-state index is -0.324. The molecule has 2 N–H and O–H groups in total. The Kier molecular flexibility index (Phi) is 5.67. The molecule has 2 aromatic carbocycles. The van der Waals surface area contributed by atoms with Crippen LogP contribution in [0.3, 0.4) is 0 Å². The summed E-state index contributed by atoms with van der Waals surface area (Å²) in [4.78, 5) is 27.4. The van der Waals surface area contributed by atoms with Crippen molar-refractivity contribution >= 4 is 29.3 Å². The summed E-state index contributed by atoms with van der Waals surface area (Å²) in [5, 5.41) is 0. The van der Waals surface area contributed by atoms with Gasteiger partial charge in [-0.15, -0.1) is 11.8 Å². The van der Waals surface area contributed by atoms with Gasteiger partial charge in [0.1, 0.15) is 0 Å². The van der Waals surface area contributed by atoms with Crippen molar-refractivity contribution in [3.8, 4) is 0 Å². The summed E-state index contributed by atoms with van der Waals surface area (Å²) in [6.07, 6.45) is 1.05. The highest BCUT2D eigenvalue weighted by Gasteiger charge is 2.30. The first-order valence-corrected chi connectivity index (χ1v) is 9.84. The lowest BCUT2D eigenvalue weighted by molar-refractivity contribution is -0.121. The molecule has 1 atom stereocenters. The van der Waals surface area contributed by atoms with Gasteiger partial charge in [-0.05, 0) is 55.2 Å². The third-order valence-electron chi connectivity index (χ3n) is 4.95. The number of carbonyl (C=O) groups is 2. The van der Waals surface area contributed by atoms with Crippen LogP contribution in [0.1, 0.15) is 35.4 Å². The summed E-state index contributed by atoms with van der Waals surface area (Å²) in [6, 6.07) is 14.0. The van der Waals surface area contributed by atoms with Gasteiger partial charge in [-0.3, -0.25) is 9.59 Å². The first-order valence-electron chi connectivity index (χ1n) is 8.86. The SMILES string of the molecule is Cc1ccc(SCCC(=O)N2CCC(C(N)=O)c3ccccc32)cc1C. The third kappa shape index (κ3) is 3.93. The first-order chi connectivity index (χ1) is 12.5. The maximum Gasteiger partial charge on any atom is 0.227 e. The fourth-order valence-electron chi connectivity index (χ4n) is 3.31. The average Bonchev–Trinajstić information content (AvgIpc) is 2.63. The highest BCUT2D eigenvalue weighted by atomic mass is 32.2. The summed E-state index contributed by atoms with van der Waals surface area (Å²) in [5.41, 5.74) is 9.76. The molecule has 136 valence electrons. The van der Waals surface area contributed by atoms with Crippen molar-refractivity contribution in [2.45, 2.75) is 37.5 Å². The predicted molar refractivity (Wildman–Crippen MR) is 107 cm³/mol.